The van der Waals surface area contributed by atoms with Gasteiger partial charge in [0.25, 0.3) is 0 Å². The van der Waals surface area contributed by atoms with Crippen LogP contribution < -0.4 is 0 Å². The van der Waals surface area contributed by atoms with E-state index in [0.29, 0.717) is 11.3 Å². The summed E-state index contributed by atoms with van der Waals surface area (Å²) in [5.41, 5.74) is 1.90. The van der Waals surface area contributed by atoms with Crippen molar-refractivity contribution in [1.82, 2.24) is 0 Å². The average Bonchev–Trinajstić information content (AvgIpc) is 2.89. The van der Waals surface area contributed by atoms with Crippen molar-refractivity contribution in [2.75, 3.05) is 0 Å². The van der Waals surface area contributed by atoms with Gasteiger partial charge in [0.05, 0.1) is 5.92 Å². The van der Waals surface area contributed by atoms with E-state index in [0.717, 1.165) is 12.8 Å². The van der Waals surface area contributed by atoms with Gasteiger partial charge in [0.15, 0.2) is 0 Å². The molecule has 0 N–H and O–H groups in total. The molecule has 1 heterocycles. The average molecular weight is 393 g/mol. The molecule has 158 valence electrons. The van der Waals surface area contributed by atoms with Crippen LogP contribution in [-0.2, 0) is 23.8 Å². The van der Waals surface area contributed by atoms with E-state index >= 15 is 0 Å². The van der Waals surface area contributed by atoms with E-state index in [9.17, 15) is 9.59 Å². The molecule has 2 aliphatic carbocycles. The monoisotopic (exact) mass is 392 g/mol. The summed E-state index contributed by atoms with van der Waals surface area (Å²) in [4.78, 5) is 23.3. The van der Waals surface area contributed by atoms with Crippen molar-refractivity contribution in [3.05, 3.63) is 11.6 Å². The fraction of sp³-hybridized carbons (Fsp3) is 0.826. The lowest BCUT2D eigenvalue weighted by Gasteiger charge is -2.51. The number of carbonyl (C=O) groups excluding carboxylic acids is 2. The van der Waals surface area contributed by atoms with Gasteiger partial charge < -0.3 is 14.2 Å². The third-order valence-electron chi connectivity index (χ3n) is 7.17. The van der Waals surface area contributed by atoms with E-state index < -0.39 is 12.6 Å². The van der Waals surface area contributed by atoms with Gasteiger partial charge in [0.2, 0.25) is 12.6 Å². The Morgan fingerprint density at radius 2 is 1.68 bits per heavy atom. The van der Waals surface area contributed by atoms with Crippen LogP contribution >= 0.6 is 0 Å². The minimum Gasteiger partial charge on any atom is -0.435 e. The van der Waals surface area contributed by atoms with Crippen LogP contribution in [0.25, 0.3) is 0 Å². The number of fused-ring (bicyclic) bond motifs is 1. The van der Waals surface area contributed by atoms with Crippen molar-refractivity contribution in [3.8, 4) is 0 Å². The third-order valence-corrected chi connectivity index (χ3v) is 7.17. The number of hydrogen-bond acceptors (Lipinski definition) is 5. The number of ether oxygens (including phenoxy) is 3. The molecule has 5 heteroatoms. The largest absolute Gasteiger partial charge is 0.435 e. The van der Waals surface area contributed by atoms with E-state index in [-0.39, 0.29) is 29.2 Å². The summed E-state index contributed by atoms with van der Waals surface area (Å²) in [5.74, 6) is -0.294. The Balaban J connectivity index is 1.90. The first-order chi connectivity index (χ1) is 13.1. The maximum Gasteiger partial charge on any atom is 0.304 e. The van der Waals surface area contributed by atoms with E-state index in [1.807, 2.05) is 0 Å². The molecular formula is C23H36O5. The van der Waals surface area contributed by atoms with E-state index in [4.69, 9.17) is 14.2 Å². The molecule has 2 saturated carbocycles. The van der Waals surface area contributed by atoms with Gasteiger partial charge in [0.1, 0.15) is 0 Å². The van der Waals surface area contributed by atoms with E-state index in [1.54, 1.807) is 0 Å². The molecule has 3 aliphatic rings. The van der Waals surface area contributed by atoms with Crippen LogP contribution in [0.2, 0.25) is 0 Å². The number of carbonyl (C=O) groups is 2. The first-order valence-electron chi connectivity index (χ1n) is 10.7. The summed E-state index contributed by atoms with van der Waals surface area (Å²) >= 11 is 0. The lowest BCUT2D eigenvalue weighted by molar-refractivity contribution is -0.213. The van der Waals surface area contributed by atoms with Gasteiger partial charge in [-0.05, 0) is 55.8 Å². The molecule has 1 aliphatic heterocycles. The van der Waals surface area contributed by atoms with Crippen LogP contribution in [0.3, 0.4) is 0 Å². The summed E-state index contributed by atoms with van der Waals surface area (Å²) in [6.45, 7) is 12.1. The second kappa shape index (κ2) is 7.81. The van der Waals surface area contributed by atoms with E-state index in [2.05, 4.69) is 33.8 Å². The highest BCUT2D eigenvalue weighted by atomic mass is 16.8. The van der Waals surface area contributed by atoms with Gasteiger partial charge in [-0.1, -0.05) is 38.8 Å². The maximum absolute atomic E-state index is 11.7. The Bertz CT molecular complexity index is 651. The minimum absolute atomic E-state index is 0.0379. The molecule has 0 bridgehead atoms. The molecule has 0 aromatic heterocycles. The number of allylic oxidation sites excluding steroid dienone is 1. The zero-order valence-electron chi connectivity index (χ0n) is 18.2. The van der Waals surface area contributed by atoms with Crippen molar-refractivity contribution in [2.24, 2.45) is 28.6 Å². The molecule has 0 radical (unpaired) electrons. The van der Waals surface area contributed by atoms with E-state index in [1.165, 1.54) is 45.1 Å². The predicted octanol–water partition coefficient (Wildman–Crippen LogP) is 4.99. The van der Waals surface area contributed by atoms with Crippen molar-refractivity contribution < 1.29 is 23.8 Å². The Labute approximate surface area is 169 Å². The van der Waals surface area contributed by atoms with Gasteiger partial charge in [-0.25, -0.2) is 0 Å². The Morgan fingerprint density at radius 3 is 2.25 bits per heavy atom. The zero-order chi connectivity index (χ0) is 20.7. The van der Waals surface area contributed by atoms with Crippen LogP contribution in [0.4, 0.5) is 0 Å². The SMILES string of the molecule is C/C=C1/C2C(CCC1[C@@]1(C)CCCC(C)(C)C1)[C@H](OC(C)=O)O[C@@H]2OC(C)=O. The molecule has 1 saturated heterocycles. The zero-order valence-corrected chi connectivity index (χ0v) is 18.2. The molecule has 3 unspecified atom stereocenters. The molecular weight excluding hydrogens is 356 g/mol. The molecule has 0 aromatic rings. The Hall–Kier alpha value is -1.36. The molecule has 0 amide bonds. The van der Waals surface area contributed by atoms with Gasteiger partial charge in [-0.15, -0.1) is 0 Å². The molecule has 0 aromatic carbocycles. The summed E-state index contributed by atoms with van der Waals surface area (Å²) in [6, 6.07) is 0. The highest BCUT2D eigenvalue weighted by molar-refractivity contribution is 5.66. The molecule has 5 nitrogen and oxygen atoms in total. The van der Waals surface area contributed by atoms with Crippen LogP contribution in [0.1, 0.15) is 80.1 Å². The quantitative estimate of drug-likeness (QED) is 0.500. The fourth-order valence-corrected chi connectivity index (χ4v) is 6.39. The van der Waals surface area contributed by atoms with Crippen LogP contribution in [0.5, 0.6) is 0 Å². The lowest BCUT2D eigenvalue weighted by Crippen LogP contribution is -2.44. The first-order valence-corrected chi connectivity index (χ1v) is 10.7. The summed E-state index contributed by atoms with van der Waals surface area (Å²) in [6.07, 6.45) is 7.81. The second-order valence-electron chi connectivity index (χ2n) is 10.0. The van der Waals surface area contributed by atoms with Crippen molar-refractivity contribution in [1.29, 1.82) is 0 Å². The topological polar surface area (TPSA) is 61.8 Å². The van der Waals surface area contributed by atoms with Crippen molar-refractivity contribution in [3.63, 3.8) is 0 Å². The summed E-state index contributed by atoms with van der Waals surface area (Å²) in [5, 5.41) is 0. The first kappa shape index (κ1) is 21.4. The van der Waals surface area contributed by atoms with Gasteiger partial charge >= 0.3 is 11.9 Å². The number of hydrogen-bond donors (Lipinski definition) is 0. The van der Waals surface area contributed by atoms with Crippen LogP contribution in [0, 0.1) is 28.6 Å². The highest BCUT2D eigenvalue weighted by Crippen LogP contribution is 2.59. The molecule has 6 atom stereocenters. The number of rotatable bonds is 3. The van der Waals surface area contributed by atoms with Gasteiger partial charge in [-0.3, -0.25) is 9.59 Å². The molecule has 0 spiro atoms. The minimum atomic E-state index is -0.680. The lowest BCUT2D eigenvalue weighted by atomic mass is 9.53. The maximum atomic E-state index is 11.7. The Kier molecular flexibility index (Phi) is 5.96. The van der Waals surface area contributed by atoms with Gasteiger partial charge in [-0.2, -0.15) is 0 Å². The van der Waals surface area contributed by atoms with Gasteiger partial charge in [0, 0.05) is 19.8 Å². The fourth-order valence-electron chi connectivity index (χ4n) is 6.39. The molecule has 3 rings (SSSR count). The molecule has 28 heavy (non-hydrogen) atoms. The van der Waals surface area contributed by atoms with Crippen LogP contribution in [-0.4, -0.2) is 24.5 Å². The van der Waals surface area contributed by atoms with Crippen molar-refractivity contribution >= 4 is 11.9 Å². The predicted molar refractivity (Wildman–Crippen MR) is 106 cm³/mol. The third kappa shape index (κ3) is 4.14. The van der Waals surface area contributed by atoms with Crippen LogP contribution in [0.15, 0.2) is 11.6 Å². The Morgan fingerprint density at radius 1 is 1.04 bits per heavy atom. The highest BCUT2D eigenvalue weighted by Gasteiger charge is 2.56. The summed E-state index contributed by atoms with van der Waals surface area (Å²) in [7, 11) is 0. The number of esters is 2. The summed E-state index contributed by atoms with van der Waals surface area (Å²) < 4.78 is 16.9. The smallest absolute Gasteiger partial charge is 0.304 e. The molecule has 3 fully saturated rings. The second-order valence-corrected chi connectivity index (χ2v) is 10.0. The standard InChI is InChI=1S/C23H36O5/c1-7-16-18(23(6)12-8-11-22(4,5)13-23)10-9-17-19(16)21(27-15(3)25)28-20(17)26-14(2)24/h7,17-21H,8-13H2,1-6H3/b16-7+/t17?,18?,19?,20-,21+,23+/m1/s1. The van der Waals surface area contributed by atoms with Crippen molar-refractivity contribution in [2.45, 2.75) is 92.6 Å². The normalized spacial score (nSPS) is 41.4.